The molecule has 34 heavy (non-hydrogen) atoms. The van der Waals surface area contributed by atoms with Crippen molar-refractivity contribution in [1.29, 1.82) is 0 Å². The molecule has 4 aromatic rings. The second-order valence-electron chi connectivity index (χ2n) is 7.73. The summed E-state index contributed by atoms with van der Waals surface area (Å²) in [6.07, 6.45) is 4.41. The zero-order valence-electron chi connectivity index (χ0n) is 17.6. The van der Waals surface area contributed by atoms with Crippen LogP contribution >= 0.6 is 50.2 Å². The Morgan fingerprint density at radius 1 is 1.24 bits per heavy atom. The molecule has 5 rings (SSSR count). The number of carbonyl (C=O) groups is 1. The molecule has 1 aliphatic heterocycles. The number of thiazole rings is 1. The van der Waals surface area contributed by atoms with Gasteiger partial charge in [0, 0.05) is 23.4 Å². The summed E-state index contributed by atoms with van der Waals surface area (Å²) < 4.78 is 30.4. The van der Waals surface area contributed by atoms with Gasteiger partial charge in [0.2, 0.25) is 5.91 Å². The topological polar surface area (TPSA) is 83.5 Å². The first-order valence-electron chi connectivity index (χ1n) is 10.4. The van der Waals surface area contributed by atoms with Crippen LogP contribution in [0.4, 0.5) is 5.13 Å². The molecular formula is C22H18BrClN4O3S3. The lowest BCUT2D eigenvalue weighted by Crippen LogP contribution is -2.47. The van der Waals surface area contributed by atoms with Crippen LogP contribution in [0.25, 0.3) is 10.2 Å². The van der Waals surface area contributed by atoms with Crippen LogP contribution < -0.4 is 4.90 Å². The molecule has 4 heterocycles. The lowest BCUT2D eigenvalue weighted by molar-refractivity contribution is -0.121. The summed E-state index contributed by atoms with van der Waals surface area (Å²) in [7, 11) is -3.85. The van der Waals surface area contributed by atoms with Gasteiger partial charge in [-0.1, -0.05) is 44.9 Å². The van der Waals surface area contributed by atoms with Crippen molar-refractivity contribution in [2.45, 2.75) is 29.6 Å². The quantitative estimate of drug-likeness (QED) is 0.291. The fraction of sp³-hybridized carbons (Fsp3) is 0.227. The Bertz CT molecular complexity index is 1460. The lowest BCUT2D eigenvalue weighted by Gasteiger charge is -2.28. The number of halogens is 2. The van der Waals surface area contributed by atoms with E-state index >= 15 is 0 Å². The molecule has 0 radical (unpaired) electrons. The van der Waals surface area contributed by atoms with Gasteiger partial charge in [-0.3, -0.25) is 14.7 Å². The molecule has 1 amide bonds. The van der Waals surface area contributed by atoms with Crippen molar-refractivity contribution >= 4 is 81.5 Å². The van der Waals surface area contributed by atoms with E-state index in [1.165, 1.54) is 21.7 Å². The average molecular weight is 598 g/mol. The number of amides is 1. The highest BCUT2D eigenvalue weighted by Gasteiger charge is 2.42. The zero-order chi connectivity index (χ0) is 23.9. The third-order valence-corrected chi connectivity index (χ3v) is 10.6. The summed E-state index contributed by atoms with van der Waals surface area (Å²) in [6, 6.07) is 11.7. The summed E-state index contributed by atoms with van der Waals surface area (Å²) in [5.41, 5.74) is 1.60. The van der Waals surface area contributed by atoms with Crippen molar-refractivity contribution in [1.82, 2.24) is 14.3 Å². The van der Waals surface area contributed by atoms with Crippen molar-refractivity contribution in [3.8, 4) is 0 Å². The van der Waals surface area contributed by atoms with Gasteiger partial charge in [-0.25, -0.2) is 13.4 Å². The minimum absolute atomic E-state index is 0.140. The number of hydrogen-bond donors (Lipinski definition) is 0. The smallest absolute Gasteiger partial charge is 0.253 e. The third kappa shape index (κ3) is 4.65. The van der Waals surface area contributed by atoms with E-state index in [4.69, 9.17) is 16.6 Å². The number of thiophene rings is 1. The van der Waals surface area contributed by atoms with Gasteiger partial charge >= 0.3 is 0 Å². The Morgan fingerprint density at radius 2 is 2.09 bits per heavy atom. The first-order valence-corrected chi connectivity index (χ1v) is 14.6. The first-order chi connectivity index (χ1) is 16.3. The van der Waals surface area contributed by atoms with Gasteiger partial charge in [-0.15, -0.1) is 11.3 Å². The third-order valence-electron chi connectivity index (χ3n) is 5.50. The maximum atomic E-state index is 13.9. The van der Waals surface area contributed by atoms with E-state index in [2.05, 4.69) is 20.9 Å². The molecule has 1 aliphatic rings. The van der Waals surface area contributed by atoms with Gasteiger partial charge < -0.3 is 0 Å². The van der Waals surface area contributed by atoms with E-state index < -0.39 is 16.1 Å². The summed E-state index contributed by atoms with van der Waals surface area (Å²) in [5, 5.41) is 0.519. The van der Waals surface area contributed by atoms with Crippen LogP contribution in [-0.4, -0.2) is 41.2 Å². The monoisotopic (exact) mass is 596 g/mol. The van der Waals surface area contributed by atoms with Gasteiger partial charge in [-0.2, -0.15) is 4.31 Å². The Hall–Kier alpha value is -1.89. The molecule has 0 N–H and O–H groups in total. The molecule has 1 aromatic carbocycles. The molecule has 7 nitrogen and oxygen atoms in total. The van der Waals surface area contributed by atoms with Crippen molar-refractivity contribution in [3.05, 3.63) is 69.2 Å². The van der Waals surface area contributed by atoms with Crippen molar-refractivity contribution in [3.63, 3.8) is 0 Å². The Labute approximate surface area is 218 Å². The minimum Gasteiger partial charge on any atom is -0.282 e. The largest absolute Gasteiger partial charge is 0.282 e. The number of benzene rings is 1. The highest BCUT2D eigenvalue weighted by atomic mass is 79.9. The number of sulfonamides is 1. The Morgan fingerprint density at radius 3 is 2.82 bits per heavy atom. The van der Waals surface area contributed by atoms with E-state index in [-0.39, 0.29) is 23.2 Å². The van der Waals surface area contributed by atoms with E-state index in [1.54, 1.807) is 29.4 Å². The predicted octanol–water partition coefficient (Wildman–Crippen LogP) is 5.56. The molecular weight excluding hydrogens is 580 g/mol. The maximum absolute atomic E-state index is 13.9. The second kappa shape index (κ2) is 9.63. The summed E-state index contributed by atoms with van der Waals surface area (Å²) in [6.45, 7) is 0.519. The highest BCUT2D eigenvalue weighted by Crippen LogP contribution is 2.36. The zero-order valence-corrected chi connectivity index (χ0v) is 22.4. The molecule has 0 bridgehead atoms. The van der Waals surface area contributed by atoms with Crippen LogP contribution in [0.3, 0.4) is 0 Å². The number of carbonyl (C=O) groups excluding carboxylic acids is 1. The van der Waals surface area contributed by atoms with Crippen molar-refractivity contribution in [2.75, 3.05) is 11.4 Å². The van der Waals surface area contributed by atoms with Gasteiger partial charge in [0.25, 0.3) is 10.0 Å². The normalized spacial score (nSPS) is 16.8. The van der Waals surface area contributed by atoms with Crippen LogP contribution in [0.1, 0.15) is 18.4 Å². The van der Waals surface area contributed by atoms with E-state index in [0.29, 0.717) is 22.3 Å². The van der Waals surface area contributed by atoms with Gasteiger partial charge in [0.1, 0.15) is 10.3 Å². The van der Waals surface area contributed by atoms with E-state index in [9.17, 15) is 13.2 Å². The number of hydrogen-bond acceptors (Lipinski definition) is 7. The Kier molecular flexibility index (Phi) is 6.75. The summed E-state index contributed by atoms with van der Waals surface area (Å²) in [4.78, 5) is 24.4. The van der Waals surface area contributed by atoms with Gasteiger partial charge in [0.15, 0.2) is 5.13 Å². The van der Waals surface area contributed by atoms with Crippen molar-refractivity contribution in [2.24, 2.45) is 0 Å². The van der Waals surface area contributed by atoms with Crippen LogP contribution in [-0.2, 0) is 21.4 Å². The number of rotatable bonds is 6. The molecule has 1 unspecified atom stereocenters. The van der Waals surface area contributed by atoms with Crippen LogP contribution in [0.2, 0.25) is 4.34 Å². The van der Waals surface area contributed by atoms with E-state index in [0.717, 1.165) is 31.6 Å². The molecule has 176 valence electrons. The van der Waals surface area contributed by atoms with Crippen LogP contribution in [0, 0.1) is 0 Å². The molecule has 0 spiro atoms. The number of pyridine rings is 1. The number of anilines is 1. The van der Waals surface area contributed by atoms with Gasteiger partial charge in [0.05, 0.1) is 21.1 Å². The minimum atomic E-state index is -3.85. The second-order valence-corrected chi connectivity index (χ2v) is 13.5. The fourth-order valence-corrected chi connectivity index (χ4v) is 8.71. The van der Waals surface area contributed by atoms with Crippen molar-refractivity contribution < 1.29 is 13.2 Å². The Balaban J connectivity index is 1.52. The first kappa shape index (κ1) is 23.8. The molecule has 1 fully saturated rings. The number of aromatic nitrogens is 2. The molecule has 1 saturated heterocycles. The SMILES string of the molecule is O=C(C1CCCN1S(=O)(=O)c1ccc(Cl)s1)N(Cc1cccnc1)c1nc2ccc(Br)cc2s1. The molecule has 3 aromatic heterocycles. The average Bonchev–Trinajstić information content (AvgIpc) is 3.57. The molecule has 0 aliphatic carbocycles. The molecule has 1 atom stereocenters. The number of nitrogens with zero attached hydrogens (tertiary/aromatic N) is 4. The van der Waals surface area contributed by atoms with Gasteiger partial charge in [-0.05, 0) is 54.8 Å². The highest BCUT2D eigenvalue weighted by molar-refractivity contribution is 9.10. The van der Waals surface area contributed by atoms with E-state index in [1.807, 2.05) is 24.3 Å². The fourth-order valence-electron chi connectivity index (χ4n) is 3.92. The molecule has 0 saturated carbocycles. The maximum Gasteiger partial charge on any atom is 0.253 e. The van der Waals surface area contributed by atoms with Crippen LogP contribution in [0.5, 0.6) is 0 Å². The standard InChI is InChI=1S/C22H18BrClN4O3S3/c23-15-5-6-16-18(11-15)32-22(26-16)27(13-14-3-1-9-25-12-14)21(29)17-4-2-10-28(17)34(30,31)20-8-7-19(24)33-20/h1,3,5-9,11-12,17H,2,4,10,13H2. The predicted molar refractivity (Wildman–Crippen MR) is 139 cm³/mol. The van der Waals surface area contributed by atoms with Crippen LogP contribution in [0.15, 0.2) is 63.5 Å². The number of fused-ring (bicyclic) bond motifs is 1. The lowest BCUT2D eigenvalue weighted by atomic mass is 10.2. The summed E-state index contributed by atoms with van der Waals surface area (Å²) in [5.74, 6) is -0.300. The molecule has 12 heteroatoms. The summed E-state index contributed by atoms with van der Waals surface area (Å²) >= 11 is 11.9.